The largest absolute Gasteiger partial charge is 0.462 e. The summed E-state index contributed by atoms with van der Waals surface area (Å²) in [5.74, 6) is 0.127. The highest BCUT2D eigenvalue weighted by Crippen LogP contribution is 2.56. The van der Waals surface area contributed by atoms with E-state index in [4.69, 9.17) is 4.74 Å². The van der Waals surface area contributed by atoms with Gasteiger partial charge in [-0.15, -0.1) is 0 Å². The van der Waals surface area contributed by atoms with E-state index in [2.05, 4.69) is 0 Å². The van der Waals surface area contributed by atoms with Crippen LogP contribution < -0.4 is 0 Å². The van der Waals surface area contributed by atoms with Crippen LogP contribution in [0.5, 0.6) is 0 Å². The molecule has 0 aromatic rings. The topological polar surface area (TPSA) is 66.8 Å². The number of esters is 1. The van der Waals surface area contributed by atoms with E-state index in [1.54, 1.807) is 13.0 Å². The van der Waals surface area contributed by atoms with Crippen molar-refractivity contribution in [2.45, 2.75) is 38.4 Å². The van der Waals surface area contributed by atoms with Crippen LogP contribution in [0.4, 0.5) is 0 Å². The minimum atomic E-state index is -1.20. The lowest BCUT2D eigenvalue weighted by Crippen LogP contribution is -2.57. The number of aliphatic hydroxyl groups is 2. The Morgan fingerprint density at radius 1 is 1.44 bits per heavy atom. The van der Waals surface area contributed by atoms with Crippen LogP contribution in [0.1, 0.15) is 26.7 Å². The van der Waals surface area contributed by atoms with E-state index >= 15 is 0 Å². The molecule has 4 nitrogen and oxygen atoms in total. The Bertz CT molecular complexity index is 418. The third-order valence-electron chi connectivity index (χ3n) is 5.42. The van der Waals surface area contributed by atoms with Crippen molar-refractivity contribution in [3.8, 4) is 0 Å². The van der Waals surface area contributed by atoms with E-state index < -0.39 is 17.1 Å². The van der Waals surface area contributed by atoms with Gasteiger partial charge in [0.25, 0.3) is 0 Å². The molecule has 2 fully saturated rings. The van der Waals surface area contributed by atoms with E-state index in [9.17, 15) is 15.0 Å². The molecule has 1 saturated heterocycles. The number of hydrogen-bond acceptors (Lipinski definition) is 4. The minimum absolute atomic E-state index is 0.0336. The van der Waals surface area contributed by atoms with Gasteiger partial charge in [0.15, 0.2) is 0 Å². The third-order valence-corrected chi connectivity index (χ3v) is 5.42. The number of fused-ring (bicyclic) bond motifs is 3. The van der Waals surface area contributed by atoms with Gasteiger partial charge in [-0.05, 0) is 37.5 Å². The minimum Gasteiger partial charge on any atom is -0.462 e. The number of allylic oxidation sites excluding steroid dienone is 1. The normalized spacial score (nSPS) is 54.8. The molecule has 0 aromatic heterocycles. The predicted octanol–water partition coefficient (Wildman–Crippen LogP) is 0.874. The second-order valence-corrected chi connectivity index (χ2v) is 6.35. The molecule has 4 heteroatoms. The number of carbonyl (C=O) groups excluding carboxylic acids is 1. The first kappa shape index (κ1) is 12.2. The summed E-state index contributed by atoms with van der Waals surface area (Å²) >= 11 is 0. The standard InChI is InChI=1S/C14H20O4/c1-8-5-9-3-4-14(17)7-18-12(16)13(14,2)10(9)6-11(8)15/h3-4,8-11,15,17H,5-7H2,1-2H3/t8-,9+,10+,11-,13+,14+/m1/s1. The van der Waals surface area contributed by atoms with Crippen molar-refractivity contribution < 1.29 is 19.7 Å². The van der Waals surface area contributed by atoms with Crippen LogP contribution in [-0.2, 0) is 9.53 Å². The molecule has 0 radical (unpaired) electrons. The Hall–Kier alpha value is -0.870. The molecule has 2 N–H and O–H groups in total. The van der Waals surface area contributed by atoms with Crippen molar-refractivity contribution in [2.75, 3.05) is 6.61 Å². The number of ether oxygens (including phenoxy) is 1. The number of cyclic esters (lactones) is 1. The summed E-state index contributed by atoms with van der Waals surface area (Å²) < 4.78 is 5.10. The Morgan fingerprint density at radius 3 is 2.89 bits per heavy atom. The lowest BCUT2D eigenvalue weighted by Gasteiger charge is -2.50. The van der Waals surface area contributed by atoms with Gasteiger partial charge in [0, 0.05) is 0 Å². The van der Waals surface area contributed by atoms with Crippen molar-refractivity contribution in [3.63, 3.8) is 0 Å². The fourth-order valence-corrected chi connectivity index (χ4v) is 3.92. The molecular weight excluding hydrogens is 232 g/mol. The van der Waals surface area contributed by atoms with E-state index in [-0.39, 0.29) is 30.3 Å². The molecular formula is C14H20O4. The smallest absolute Gasteiger partial charge is 0.315 e. The van der Waals surface area contributed by atoms with Gasteiger partial charge >= 0.3 is 5.97 Å². The molecule has 0 amide bonds. The summed E-state index contributed by atoms with van der Waals surface area (Å²) in [4.78, 5) is 12.1. The molecule has 100 valence electrons. The van der Waals surface area contributed by atoms with E-state index in [0.29, 0.717) is 6.42 Å². The van der Waals surface area contributed by atoms with Crippen LogP contribution in [0.25, 0.3) is 0 Å². The van der Waals surface area contributed by atoms with Gasteiger partial charge in [-0.2, -0.15) is 0 Å². The van der Waals surface area contributed by atoms with Crippen LogP contribution in [0, 0.1) is 23.2 Å². The van der Waals surface area contributed by atoms with Crippen molar-refractivity contribution in [3.05, 3.63) is 12.2 Å². The number of rotatable bonds is 0. The first-order valence-corrected chi connectivity index (χ1v) is 6.65. The summed E-state index contributed by atoms with van der Waals surface area (Å²) in [6.07, 6.45) is 4.78. The van der Waals surface area contributed by atoms with E-state index in [0.717, 1.165) is 6.42 Å². The first-order valence-electron chi connectivity index (χ1n) is 6.65. The van der Waals surface area contributed by atoms with Crippen molar-refractivity contribution in [1.29, 1.82) is 0 Å². The van der Waals surface area contributed by atoms with Crippen molar-refractivity contribution in [2.24, 2.45) is 23.2 Å². The Kier molecular flexibility index (Phi) is 2.42. The van der Waals surface area contributed by atoms with Crippen LogP contribution in [0.3, 0.4) is 0 Å². The van der Waals surface area contributed by atoms with Crippen LogP contribution in [0.15, 0.2) is 12.2 Å². The number of hydrogen-bond donors (Lipinski definition) is 2. The molecule has 3 aliphatic rings. The number of aliphatic hydroxyl groups excluding tert-OH is 1. The maximum absolute atomic E-state index is 12.1. The van der Waals surface area contributed by atoms with E-state index in [1.807, 2.05) is 13.0 Å². The molecule has 6 atom stereocenters. The van der Waals surface area contributed by atoms with Gasteiger partial charge in [0.2, 0.25) is 0 Å². The summed E-state index contributed by atoms with van der Waals surface area (Å²) in [5, 5.41) is 20.7. The fourth-order valence-electron chi connectivity index (χ4n) is 3.92. The van der Waals surface area contributed by atoms with Crippen molar-refractivity contribution >= 4 is 5.97 Å². The van der Waals surface area contributed by atoms with Gasteiger partial charge in [-0.3, -0.25) is 4.79 Å². The van der Waals surface area contributed by atoms with Crippen LogP contribution >= 0.6 is 0 Å². The molecule has 18 heavy (non-hydrogen) atoms. The summed E-state index contributed by atoms with van der Waals surface area (Å²) in [7, 11) is 0. The lowest BCUT2D eigenvalue weighted by atomic mass is 9.54. The maximum Gasteiger partial charge on any atom is 0.315 e. The SMILES string of the molecule is C[C@@H]1C[C@@H]2C=C[C@]3(O)COC(=O)[C@]3(C)[C@H]2C[C@H]1O. The summed E-state index contributed by atoms with van der Waals surface area (Å²) in [6.45, 7) is 3.85. The van der Waals surface area contributed by atoms with Gasteiger partial charge < -0.3 is 14.9 Å². The van der Waals surface area contributed by atoms with E-state index in [1.165, 1.54) is 0 Å². The number of carbonyl (C=O) groups is 1. The average Bonchev–Trinajstić information content (AvgIpc) is 2.56. The molecule has 1 heterocycles. The highest BCUT2D eigenvalue weighted by Gasteiger charge is 2.65. The van der Waals surface area contributed by atoms with Gasteiger partial charge in [0.1, 0.15) is 17.6 Å². The van der Waals surface area contributed by atoms with Gasteiger partial charge in [-0.25, -0.2) is 0 Å². The first-order chi connectivity index (χ1) is 8.38. The lowest BCUT2D eigenvalue weighted by molar-refractivity contribution is -0.156. The summed E-state index contributed by atoms with van der Waals surface area (Å²) in [5.41, 5.74) is -2.11. The molecule has 0 bridgehead atoms. The molecule has 1 saturated carbocycles. The summed E-state index contributed by atoms with van der Waals surface area (Å²) in [6, 6.07) is 0. The quantitative estimate of drug-likeness (QED) is 0.496. The van der Waals surface area contributed by atoms with Crippen molar-refractivity contribution in [1.82, 2.24) is 0 Å². The van der Waals surface area contributed by atoms with Gasteiger partial charge in [0.05, 0.1) is 6.10 Å². The molecule has 3 rings (SSSR count). The highest BCUT2D eigenvalue weighted by atomic mass is 16.6. The second kappa shape index (κ2) is 3.58. The molecule has 0 unspecified atom stereocenters. The zero-order valence-electron chi connectivity index (χ0n) is 10.8. The third kappa shape index (κ3) is 1.30. The Balaban J connectivity index is 2.04. The zero-order valence-corrected chi connectivity index (χ0v) is 10.8. The maximum atomic E-state index is 12.1. The fraction of sp³-hybridized carbons (Fsp3) is 0.786. The molecule has 0 aromatic carbocycles. The predicted molar refractivity (Wildman–Crippen MR) is 64.5 cm³/mol. The average molecular weight is 252 g/mol. The Labute approximate surface area is 107 Å². The van der Waals surface area contributed by atoms with Gasteiger partial charge in [-0.1, -0.05) is 19.1 Å². The van der Waals surface area contributed by atoms with Crippen LogP contribution in [0.2, 0.25) is 0 Å². The molecule has 2 aliphatic carbocycles. The monoisotopic (exact) mass is 252 g/mol. The van der Waals surface area contributed by atoms with Crippen LogP contribution in [-0.4, -0.2) is 34.5 Å². The molecule has 0 spiro atoms. The highest BCUT2D eigenvalue weighted by molar-refractivity contribution is 5.82. The second-order valence-electron chi connectivity index (χ2n) is 6.35. The Morgan fingerprint density at radius 2 is 2.17 bits per heavy atom. The zero-order chi connectivity index (χ0) is 13.1. The molecule has 1 aliphatic heterocycles.